The maximum absolute atomic E-state index is 13.5. The minimum Gasteiger partial charge on any atom is -0.508 e. The number of rotatable bonds is 7. The first-order valence-electron chi connectivity index (χ1n) is 15.5. The van der Waals surface area contributed by atoms with Gasteiger partial charge in [-0.2, -0.15) is 0 Å². The lowest BCUT2D eigenvalue weighted by Crippen LogP contribution is -2.51. The second-order valence-corrected chi connectivity index (χ2v) is 13.3. The molecule has 0 spiro atoms. The van der Waals surface area contributed by atoms with Crippen LogP contribution in [0, 0.1) is 24.2 Å². The summed E-state index contributed by atoms with van der Waals surface area (Å²) in [4.78, 5) is 53.3. The summed E-state index contributed by atoms with van der Waals surface area (Å²) in [5.74, 6) is -2.46. The fourth-order valence-corrected chi connectivity index (χ4v) is 4.92. The molecular weight excluding hydrogens is 608 g/mol. The van der Waals surface area contributed by atoms with Gasteiger partial charge in [0, 0.05) is 30.3 Å². The first kappa shape index (κ1) is 36.4. The molecule has 1 heterocycles. The van der Waals surface area contributed by atoms with Crippen LogP contribution in [0.2, 0.25) is 5.02 Å². The van der Waals surface area contributed by atoms with E-state index < -0.39 is 47.4 Å². The number of phenols is 1. The lowest BCUT2D eigenvalue weighted by Gasteiger charge is -2.29. The second kappa shape index (κ2) is 16.5. The zero-order valence-electron chi connectivity index (χ0n) is 27.3. The van der Waals surface area contributed by atoms with Gasteiger partial charge in [0.25, 0.3) is 0 Å². The molecule has 1 aliphatic heterocycles. The van der Waals surface area contributed by atoms with Gasteiger partial charge in [0.05, 0.1) is 5.41 Å². The molecule has 248 valence electrons. The number of carbonyl (C=O) groups is 4. The van der Waals surface area contributed by atoms with Gasteiger partial charge in [0.15, 0.2) is 6.10 Å². The molecule has 0 bridgehead atoms. The summed E-state index contributed by atoms with van der Waals surface area (Å²) < 4.78 is 11.7. The minimum atomic E-state index is -1.19. The topological polar surface area (TPSA) is 131 Å². The molecule has 0 saturated heterocycles. The summed E-state index contributed by atoms with van der Waals surface area (Å²) in [5.41, 5.74) is 1.29. The molecule has 46 heavy (non-hydrogen) atoms. The highest BCUT2D eigenvalue weighted by atomic mass is 35.5. The number of ether oxygens (including phenoxy) is 2. The Bertz CT molecular complexity index is 1450. The largest absolute Gasteiger partial charge is 0.508 e. The van der Waals surface area contributed by atoms with Crippen LogP contribution in [0.4, 0.5) is 0 Å². The molecule has 3 N–H and O–H groups in total. The van der Waals surface area contributed by atoms with Crippen molar-refractivity contribution >= 4 is 41.4 Å². The molecule has 10 heteroatoms. The van der Waals surface area contributed by atoms with E-state index in [1.54, 1.807) is 50.3 Å². The number of halogens is 1. The molecule has 4 unspecified atom stereocenters. The Labute approximate surface area is 276 Å². The first-order valence-corrected chi connectivity index (χ1v) is 15.9. The van der Waals surface area contributed by atoms with Crippen LogP contribution < -0.4 is 10.6 Å². The van der Waals surface area contributed by atoms with Crippen molar-refractivity contribution in [1.82, 2.24) is 10.6 Å². The molecule has 0 saturated carbocycles. The number of phenolic OH excluding ortho intramolecular Hbond substituents is 1. The third-order valence-corrected chi connectivity index (χ3v) is 8.15. The van der Waals surface area contributed by atoms with Crippen molar-refractivity contribution in [3.8, 4) is 5.75 Å². The number of aryl methyl sites for hydroxylation is 1. The summed E-state index contributed by atoms with van der Waals surface area (Å²) in [6.45, 7) is 10.7. The third kappa shape index (κ3) is 11.1. The third-order valence-electron chi connectivity index (χ3n) is 7.74. The zero-order valence-corrected chi connectivity index (χ0v) is 28.1. The van der Waals surface area contributed by atoms with Gasteiger partial charge < -0.3 is 25.2 Å². The van der Waals surface area contributed by atoms with E-state index in [0.717, 1.165) is 16.7 Å². The molecule has 1 aliphatic rings. The van der Waals surface area contributed by atoms with Gasteiger partial charge in [-0.1, -0.05) is 74.9 Å². The number of cyclic esters (lactones) is 2. The van der Waals surface area contributed by atoms with Crippen LogP contribution in [-0.4, -0.2) is 53.7 Å². The second-order valence-electron chi connectivity index (χ2n) is 12.9. The smallest absolute Gasteiger partial charge is 0.347 e. The Hall–Kier alpha value is -4.11. The monoisotopic (exact) mass is 652 g/mol. The maximum Gasteiger partial charge on any atom is 0.347 e. The van der Waals surface area contributed by atoms with E-state index in [0.29, 0.717) is 5.02 Å². The van der Waals surface area contributed by atoms with Crippen molar-refractivity contribution in [2.75, 3.05) is 6.54 Å². The Kier molecular flexibility index (Phi) is 13.0. The highest BCUT2D eigenvalue weighted by Crippen LogP contribution is 2.24. The molecule has 2 amide bonds. The van der Waals surface area contributed by atoms with Gasteiger partial charge in [-0.3, -0.25) is 14.4 Å². The fraction of sp³-hybridized carbons (Fsp3) is 0.444. The lowest BCUT2D eigenvalue weighted by atomic mass is 9.93. The van der Waals surface area contributed by atoms with E-state index in [4.69, 9.17) is 21.1 Å². The Balaban J connectivity index is 1.93. The standard InChI is InChI=1S/C36H45ClN2O7/c1-22(2)18-31-34(43)45-30(24(4)11-12-25-14-16-27(40)17-15-25)8-7-9-32(41)39-29(20-26-13-10-23(3)28(37)19-26)33(42)38-21-36(5,6)35(44)46-31/h7,9-17,19,22,24,29-31,40H,8,18,20-21H2,1-6H3,(H,38,42)(H,39,41)/b9-7+,12-11+. The number of carbonyl (C=O) groups excluding carboxylic acids is 4. The summed E-state index contributed by atoms with van der Waals surface area (Å²) in [6, 6.07) is 11.2. The molecule has 0 aromatic heterocycles. The number of benzene rings is 2. The van der Waals surface area contributed by atoms with Crippen molar-refractivity contribution < 1.29 is 33.8 Å². The van der Waals surface area contributed by atoms with Gasteiger partial charge in [-0.25, -0.2) is 4.79 Å². The van der Waals surface area contributed by atoms with Crippen LogP contribution in [0.1, 0.15) is 64.2 Å². The van der Waals surface area contributed by atoms with Gasteiger partial charge in [-0.15, -0.1) is 0 Å². The fourth-order valence-electron chi connectivity index (χ4n) is 4.72. The Morgan fingerprint density at radius 2 is 1.74 bits per heavy atom. The molecule has 3 rings (SSSR count). The van der Waals surface area contributed by atoms with Gasteiger partial charge in [-0.05, 0) is 74.1 Å². The van der Waals surface area contributed by atoms with Crippen molar-refractivity contribution in [2.45, 2.75) is 79.1 Å². The summed E-state index contributed by atoms with van der Waals surface area (Å²) in [7, 11) is 0. The number of esters is 2. The normalized spacial score (nSPS) is 22.9. The molecule has 2 aromatic carbocycles. The Morgan fingerprint density at radius 3 is 2.39 bits per heavy atom. The van der Waals surface area contributed by atoms with Crippen LogP contribution >= 0.6 is 11.6 Å². The van der Waals surface area contributed by atoms with Gasteiger partial charge in [0.1, 0.15) is 17.9 Å². The highest BCUT2D eigenvalue weighted by Gasteiger charge is 2.37. The number of hydrogen-bond donors (Lipinski definition) is 3. The summed E-state index contributed by atoms with van der Waals surface area (Å²) >= 11 is 6.31. The summed E-state index contributed by atoms with van der Waals surface area (Å²) in [6.07, 6.45) is 5.38. The summed E-state index contributed by atoms with van der Waals surface area (Å²) in [5, 5.41) is 15.7. The van der Waals surface area contributed by atoms with Crippen LogP contribution in [0.5, 0.6) is 5.75 Å². The van der Waals surface area contributed by atoms with E-state index in [1.165, 1.54) is 6.08 Å². The SMILES string of the molecule is Cc1ccc(CC2NC(=O)/C=C/CC(C(C)/C=C/c3ccc(O)cc3)OC(=O)C(CC(C)C)OC(=O)C(C)(C)CNC2=O)cc1Cl. The van der Waals surface area contributed by atoms with Gasteiger partial charge in [0.2, 0.25) is 11.8 Å². The number of nitrogens with one attached hydrogen (secondary N) is 2. The molecule has 0 fully saturated rings. The van der Waals surface area contributed by atoms with Crippen molar-refractivity contribution in [2.24, 2.45) is 17.3 Å². The van der Waals surface area contributed by atoms with Crippen molar-refractivity contribution in [1.29, 1.82) is 0 Å². The van der Waals surface area contributed by atoms with Crippen LogP contribution in [0.25, 0.3) is 6.08 Å². The predicted octanol–water partition coefficient (Wildman–Crippen LogP) is 5.70. The first-order chi connectivity index (χ1) is 21.6. The van der Waals surface area contributed by atoms with Gasteiger partial charge >= 0.3 is 11.9 Å². The zero-order chi connectivity index (χ0) is 34.0. The number of amides is 2. The van der Waals surface area contributed by atoms with E-state index >= 15 is 0 Å². The van der Waals surface area contributed by atoms with Crippen molar-refractivity contribution in [3.05, 3.63) is 82.4 Å². The minimum absolute atomic E-state index is 0.0173. The number of hydrogen-bond acceptors (Lipinski definition) is 7. The van der Waals surface area contributed by atoms with Crippen LogP contribution in [-0.2, 0) is 35.1 Å². The quantitative estimate of drug-likeness (QED) is 0.327. The molecule has 0 aliphatic carbocycles. The number of aromatic hydroxyl groups is 1. The molecule has 4 atom stereocenters. The average Bonchev–Trinajstić information content (AvgIpc) is 2.99. The highest BCUT2D eigenvalue weighted by molar-refractivity contribution is 6.31. The van der Waals surface area contributed by atoms with E-state index in [2.05, 4.69) is 10.6 Å². The van der Waals surface area contributed by atoms with Crippen LogP contribution in [0.15, 0.2) is 60.7 Å². The van der Waals surface area contributed by atoms with E-state index in [-0.39, 0.29) is 43.4 Å². The lowest BCUT2D eigenvalue weighted by molar-refractivity contribution is -0.178. The van der Waals surface area contributed by atoms with Crippen LogP contribution in [0.3, 0.4) is 0 Å². The molecule has 2 aromatic rings. The average molecular weight is 653 g/mol. The van der Waals surface area contributed by atoms with E-state index in [9.17, 15) is 24.3 Å². The molecule has 9 nitrogen and oxygen atoms in total. The molecule has 0 radical (unpaired) electrons. The predicted molar refractivity (Wildman–Crippen MR) is 178 cm³/mol. The van der Waals surface area contributed by atoms with E-state index in [1.807, 2.05) is 52.0 Å². The van der Waals surface area contributed by atoms with Crippen molar-refractivity contribution in [3.63, 3.8) is 0 Å². The maximum atomic E-state index is 13.5. The Morgan fingerprint density at radius 1 is 1.04 bits per heavy atom. The molecular formula is C36H45ClN2O7.